The van der Waals surface area contributed by atoms with Crippen molar-refractivity contribution in [2.45, 2.75) is 6.04 Å². The molecular formula is C16H20N2O. The quantitative estimate of drug-likeness (QED) is 0.894. The number of methoxy groups -OCH3 is 1. The van der Waals surface area contributed by atoms with Crippen molar-refractivity contribution >= 4 is 5.69 Å². The maximum Gasteiger partial charge on any atom is 0.118 e. The molecule has 3 nitrogen and oxygen atoms in total. The van der Waals surface area contributed by atoms with Gasteiger partial charge in [0.2, 0.25) is 0 Å². The smallest absolute Gasteiger partial charge is 0.118 e. The van der Waals surface area contributed by atoms with Crippen LogP contribution in [0.25, 0.3) is 0 Å². The van der Waals surface area contributed by atoms with Gasteiger partial charge in [-0.05, 0) is 29.8 Å². The highest BCUT2D eigenvalue weighted by molar-refractivity contribution is 5.48. The summed E-state index contributed by atoms with van der Waals surface area (Å²) in [6.45, 7) is 0.567. The van der Waals surface area contributed by atoms with Gasteiger partial charge in [-0.1, -0.05) is 30.3 Å². The van der Waals surface area contributed by atoms with Crippen LogP contribution in [0.15, 0.2) is 54.6 Å². The molecule has 2 aromatic rings. The molecule has 0 radical (unpaired) electrons. The highest BCUT2D eigenvalue weighted by atomic mass is 16.5. The molecule has 0 heterocycles. The Morgan fingerprint density at radius 2 is 1.68 bits per heavy atom. The second-order valence-electron chi connectivity index (χ2n) is 4.47. The zero-order valence-corrected chi connectivity index (χ0v) is 11.4. The number of nitrogens with two attached hydrogens (primary N) is 1. The molecule has 19 heavy (non-hydrogen) atoms. The lowest BCUT2D eigenvalue weighted by molar-refractivity contribution is 0.414. The molecule has 2 N–H and O–H groups in total. The van der Waals surface area contributed by atoms with E-state index in [1.54, 1.807) is 7.11 Å². The van der Waals surface area contributed by atoms with Crippen LogP contribution in [0.1, 0.15) is 11.6 Å². The zero-order valence-electron chi connectivity index (χ0n) is 11.4. The summed E-state index contributed by atoms with van der Waals surface area (Å²) in [5.41, 5.74) is 8.29. The number of benzene rings is 2. The molecule has 0 spiro atoms. The van der Waals surface area contributed by atoms with Gasteiger partial charge in [-0.25, -0.2) is 0 Å². The van der Waals surface area contributed by atoms with Crippen LogP contribution in [0.5, 0.6) is 5.75 Å². The minimum Gasteiger partial charge on any atom is -0.497 e. The zero-order chi connectivity index (χ0) is 13.7. The summed E-state index contributed by atoms with van der Waals surface area (Å²) in [5.74, 6) is 0.863. The molecule has 0 saturated heterocycles. The van der Waals surface area contributed by atoms with Gasteiger partial charge in [0.15, 0.2) is 0 Å². The molecule has 100 valence electrons. The summed E-state index contributed by atoms with van der Waals surface area (Å²) in [6, 6.07) is 18.5. The minimum absolute atomic E-state index is 0.160. The van der Waals surface area contributed by atoms with Crippen LogP contribution in [0.2, 0.25) is 0 Å². The summed E-state index contributed by atoms with van der Waals surface area (Å²) in [6.07, 6.45) is 0. The van der Waals surface area contributed by atoms with Crippen LogP contribution >= 0.6 is 0 Å². The Bertz CT molecular complexity index is 496. The molecule has 3 heteroatoms. The van der Waals surface area contributed by atoms with E-state index in [0.717, 1.165) is 11.4 Å². The lowest BCUT2D eigenvalue weighted by atomic mass is 10.0. The Morgan fingerprint density at radius 3 is 2.21 bits per heavy atom. The molecular weight excluding hydrogens is 236 g/mol. The van der Waals surface area contributed by atoms with Crippen molar-refractivity contribution in [3.63, 3.8) is 0 Å². The molecule has 0 fully saturated rings. The Kier molecular flexibility index (Phi) is 4.42. The molecule has 0 aliphatic rings. The fourth-order valence-electron chi connectivity index (χ4n) is 2.19. The third kappa shape index (κ3) is 3.06. The SMILES string of the molecule is COc1ccc(C(CN)N(C)c2ccccc2)cc1. The van der Waals surface area contributed by atoms with E-state index < -0.39 is 0 Å². The number of rotatable bonds is 5. The van der Waals surface area contributed by atoms with E-state index >= 15 is 0 Å². The third-order valence-corrected chi connectivity index (χ3v) is 3.35. The molecule has 0 saturated carbocycles. The average molecular weight is 256 g/mol. The summed E-state index contributed by atoms with van der Waals surface area (Å²) in [4.78, 5) is 2.20. The van der Waals surface area contributed by atoms with Gasteiger partial charge in [-0.3, -0.25) is 0 Å². The fourth-order valence-corrected chi connectivity index (χ4v) is 2.19. The summed E-state index contributed by atoms with van der Waals surface area (Å²) >= 11 is 0. The molecule has 2 aromatic carbocycles. The van der Waals surface area contributed by atoms with Gasteiger partial charge in [0.25, 0.3) is 0 Å². The van der Waals surface area contributed by atoms with Crippen LogP contribution < -0.4 is 15.4 Å². The highest BCUT2D eigenvalue weighted by Crippen LogP contribution is 2.25. The van der Waals surface area contributed by atoms with E-state index in [-0.39, 0.29) is 6.04 Å². The number of likely N-dealkylation sites (N-methyl/N-ethyl adjacent to an activating group) is 1. The number of anilines is 1. The Labute approximate surface area is 114 Å². The summed E-state index contributed by atoms with van der Waals surface area (Å²) in [5, 5.41) is 0. The van der Waals surface area contributed by atoms with Gasteiger partial charge in [-0.2, -0.15) is 0 Å². The van der Waals surface area contributed by atoms with E-state index in [0.29, 0.717) is 6.54 Å². The largest absolute Gasteiger partial charge is 0.497 e. The molecule has 1 unspecified atom stereocenters. The fraction of sp³-hybridized carbons (Fsp3) is 0.250. The van der Waals surface area contributed by atoms with Crippen LogP contribution in [0.3, 0.4) is 0 Å². The predicted molar refractivity (Wildman–Crippen MR) is 79.6 cm³/mol. The topological polar surface area (TPSA) is 38.5 Å². The van der Waals surface area contributed by atoms with Crippen molar-refractivity contribution < 1.29 is 4.74 Å². The minimum atomic E-state index is 0.160. The number of hydrogen-bond acceptors (Lipinski definition) is 3. The number of hydrogen-bond donors (Lipinski definition) is 1. The molecule has 0 amide bonds. The predicted octanol–water partition coefficient (Wildman–Crippen LogP) is 2.83. The summed E-state index contributed by atoms with van der Waals surface area (Å²) < 4.78 is 5.18. The van der Waals surface area contributed by atoms with E-state index in [4.69, 9.17) is 10.5 Å². The van der Waals surface area contributed by atoms with E-state index in [1.807, 2.05) is 30.3 Å². The molecule has 0 bridgehead atoms. The van der Waals surface area contributed by atoms with E-state index in [9.17, 15) is 0 Å². The van der Waals surface area contributed by atoms with Crippen molar-refractivity contribution in [1.82, 2.24) is 0 Å². The maximum atomic E-state index is 5.94. The first-order valence-corrected chi connectivity index (χ1v) is 6.38. The number of para-hydroxylation sites is 1. The molecule has 0 aromatic heterocycles. The lowest BCUT2D eigenvalue weighted by Gasteiger charge is -2.29. The van der Waals surface area contributed by atoms with Crippen molar-refractivity contribution in [3.05, 3.63) is 60.2 Å². The Balaban J connectivity index is 2.23. The third-order valence-electron chi connectivity index (χ3n) is 3.35. The van der Waals surface area contributed by atoms with Gasteiger partial charge in [0.1, 0.15) is 5.75 Å². The van der Waals surface area contributed by atoms with Crippen LogP contribution in [-0.4, -0.2) is 20.7 Å². The number of nitrogens with zero attached hydrogens (tertiary/aromatic N) is 1. The standard InChI is InChI=1S/C16H20N2O/c1-18(14-6-4-3-5-7-14)16(12-17)13-8-10-15(19-2)11-9-13/h3-11,16H,12,17H2,1-2H3. The van der Waals surface area contributed by atoms with Gasteiger partial charge < -0.3 is 15.4 Å². The van der Waals surface area contributed by atoms with Crippen LogP contribution in [0, 0.1) is 0 Å². The molecule has 2 rings (SSSR count). The lowest BCUT2D eigenvalue weighted by Crippen LogP contribution is -2.30. The first-order chi connectivity index (χ1) is 9.26. The van der Waals surface area contributed by atoms with Gasteiger partial charge in [0, 0.05) is 19.3 Å². The van der Waals surface area contributed by atoms with Crippen LogP contribution in [-0.2, 0) is 0 Å². The second kappa shape index (κ2) is 6.25. The second-order valence-corrected chi connectivity index (χ2v) is 4.47. The Morgan fingerprint density at radius 1 is 1.05 bits per heavy atom. The summed E-state index contributed by atoms with van der Waals surface area (Å²) in [7, 11) is 3.74. The van der Waals surface area contributed by atoms with Gasteiger partial charge >= 0.3 is 0 Å². The Hall–Kier alpha value is -2.00. The van der Waals surface area contributed by atoms with Crippen LogP contribution in [0.4, 0.5) is 5.69 Å². The highest BCUT2D eigenvalue weighted by Gasteiger charge is 2.15. The normalized spacial score (nSPS) is 11.9. The monoisotopic (exact) mass is 256 g/mol. The average Bonchev–Trinajstić information content (AvgIpc) is 2.49. The van der Waals surface area contributed by atoms with Crippen molar-refractivity contribution in [2.75, 3.05) is 25.6 Å². The first-order valence-electron chi connectivity index (χ1n) is 6.38. The molecule has 0 aliphatic heterocycles. The van der Waals surface area contributed by atoms with E-state index in [1.165, 1.54) is 5.56 Å². The molecule has 1 atom stereocenters. The maximum absolute atomic E-state index is 5.94. The number of ether oxygens (including phenoxy) is 1. The van der Waals surface area contributed by atoms with Gasteiger partial charge in [0.05, 0.1) is 13.2 Å². The van der Waals surface area contributed by atoms with E-state index in [2.05, 4.69) is 36.2 Å². The first kappa shape index (κ1) is 13.4. The van der Waals surface area contributed by atoms with Crippen molar-refractivity contribution in [2.24, 2.45) is 5.73 Å². The molecule has 0 aliphatic carbocycles. The van der Waals surface area contributed by atoms with Crippen molar-refractivity contribution in [3.8, 4) is 5.75 Å². The van der Waals surface area contributed by atoms with Gasteiger partial charge in [-0.15, -0.1) is 0 Å². The van der Waals surface area contributed by atoms with Crippen molar-refractivity contribution in [1.29, 1.82) is 0 Å².